The molecule has 0 aromatic heterocycles. The van der Waals surface area contributed by atoms with Crippen LogP contribution < -0.4 is 4.74 Å². The lowest BCUT2D eigenvalue weighted by molar-refractivity contribution is 0.00830. The Hall–Kier alpha value is -2.17. The first-order valence-corrected chi connectivity index (χ1v) is 8.74. The van der Waals surface area contributed by atoms with Gasteiger partial charge in [-0.3, -0.25) is 0 Å². The smallest absolute Gasteiger partial charge is 0.125 e. The van der Waals surface area contributed by atoms with Crippen molar-refractivity contribution in [2.45, 2.75) is 19.4 Å². The van der Waals surface area contributed by atoms with Crippen LogP contribution in [0.2, 0.25) is 0 Å². The van der Waals surface area contributed by atoms with Crippen LogP contribution in [0.5, 0.6) is 5.75 Å². The van der Waals surface area contributed by atoms with Crippen molar-refractivity contribution in [1.29, 1.82) is 0 Å². The summed E-state index contributed by atoms with van der Waals surface area (Å²) >= 11 is 0. The van der Waals surface area contributed by atoms with Crippen LogP contribution >= 0.6 is 0 Å². The van der Waals surface area contributed by atoms with Crippen LogP contribution in [-0.2, 0) is 5.60 Å². The van der Waals surface area contributed by atoms with Crippen molar-refractivity contribution in [2.24, 2.45) is 5.92 Å². The second-order valence-electron chi connectivity index (χ2n) is 7.01. The number of hydrogen-bond acceptors (Lipinski definition) is 3. The second-order valence-corrected chi connectivity index (χ2v) is 7.01. The highest BCUT2D eigenvalue weighted by Gasteiger charge is 2.40. The zero-order chi connectivity index (χ0) is 19.3. The third-order valence-electron chi connectivity index (χ3n) is 4.71. The minimum atomic E-state index is -1.37. The summed E-state index contributed by atoms with van der Waals surface area (Å²) in [7, 11) is 5.44. The monoisotopic (exact) mass is 357 g/mol. The molecule has 2 unspecified atom stereocenters. The molecule has 2 aromatic rings. The number of benzene rings is 2. The maximum atomic E-state index is 14.0. The summed E-state index contributed by atoms with van der Waals surface area (Å²) in [6.45, 7) is 4.48. The Balaban J connectivity index is 2.63. The van der Waals surface area contributed by atoms with Crippen LogP contribution in [-0.4, -0.2) is 37.8 Å². The summed E-state index contributed by atoms with van der Waals surface area (Å²) in [5.41, 5.74) is 0.796. The predicted molar refractivity (Wildman–Crippen MR) is 105 cm³/mol. The topological polar surface area (TPSA) is 32.7 Å². The molecule has 2 atom stereocenters. The Kier molecular flexibility index (Phi) is 6.57. The first-order chi connectivity index (χ1) is 12.3. The molecule has 0 spiro atoms. The average molecular weight is 357 g/mol. The van der Waals surface area contributed by atoms with Crippen molar-refractivity contribution < 1.29 is 14.2 Å². The molecule has 0 amide bonds. The van der Waals surface area contributed by atoms with E-state index in [2.05, 4.69) is 0 Å². The maximum absolute atomic E-state index is 14.0. The molecule has 26 heavy (non-hydrogen) atoms. The van der Waals surface area contributed by atoms with Gasteiger partial charge in [0.15, 0.2) is 0 Å². The molecule has 3 nitrogen and oxygen atoms in total. The summed E-state index contributed by atoms with van der Waals surface area (Å²) in [5.74, 6) is -0.114. The van der Waals surface area contributed by atoms with Gasteiger partial charge in [0.25, 0.3) is 0 Å². The molecule has 1 N–H and O–H groups in total. The fourth-order valence-electron chi connectivity index (χ4n) is 3.43. The van der Waals surface area contributed by atoms with Crippen LogP contribution in [0, 0.1) is 11.7 Å². The van der Waals surface area contributed by atoms with Crippen LogP contribution in [0.1, 0.15) is 25.0 Å². The van der Waals surface area contributed by atoms with E-state index in [1.54, 1.807) is 6.07 Å². The Morgan fingerprint density at radius 3 is 2.46 bits per heavy atom. The lowest BCUT2D eigenvalue weighted by atomic mass is 9.75. The van der Waals surface area contributed by atoms with Gasteiger partial charge in [0.1, 0.15) is 17.2 Å². The number of ether oxygens (including phenoxy) is 1. The number of methoxy groups -OCH3 is 1. The molecule has 0 bridgehead atoms. The van der Waals surface area contributed by atoms with Crippen LogP contribution in [0.4, 0.5) is 4.39 Å². The lowest BCUT2D eigenvalue weighted by Crippen LogP contribution is -2.40. The molecule has 0 aliphatic carbocycles. The van der Waals surface area contributed by atoms with Crippen LogP contribution in [0.15, 0.2) is 54.1 Å². The Bertz CT molecular complexity index is 758. The molecular formula is C22H28FNO2. The van der Waals surface area contributed by atoms with Crippen molar-refractivity contribution in [2.75, 3.05) is 27.7 Å². The molecule has 0 aliphatic heterocycles. The first kappa shape index (κ1) is 20.1. The normalized spacial score (nSPS) is 15.6. The van der Waals surface area contributed by atoms with Crippen LogP contribution in [0.25, 0.3) is 6.08 Å². The van der Waals surface area contributed by atoms with Gasteiger partial charge in [-0.1, -0.05) is 43.3 Å². The van der Waals surface area contributed by atoms with Gasteiger partial charge in [0.2, 0.25) is 0 Å². The van der Waals surface area contributed by atoms with Gasteiger partial charge in [-0.25, -0.2) is 4.39 Å². The highest BCUT2D eigenvalue weighted by molar-refractivity contribution is 5.57. The molecule has 0 aliphatic rings. The highest BCUT2D eigenvalue weighted by Crippen LogP contribution is 2.42. The zero-order valence-corrected chi connectivity index (χ0v) is 16.2. The maximum Gasteiger partial charge on any atom is 0.125 e. The average Bonchev–Trinajstić information content (AvgIpc) is 2.61. The number of aliphatic hydroxyl groups is 1. The van der Waals surface area contributed by atoms with E-state index in [0.29, 0.717) is 17.9 Å². The molecule has 0 saturated heterocycles. The molecule has 0 radical (unpaired) electrons. The summed E-state index contributed by atoms with van der Waals surface area (Å²) in [4.78, 5) is 2.01. The Morgan fingerprint density at radius 1 is 1.23 bits per heavy atom. The van der Waals surface area contributed by atoms with Gasteiger partial charge in [0.05, 0.1) is 7.11 Å². The molecule has 2 rings (SSSR count). The van der Waals surface area contributed by atoms with Crippen LogP contribution in [0.3, 0.4) is 0 Å². The Morgan fingerprint density at radius 2 is 1.88 bits per heavy atom. The van der Waals surface area contributed by atoms with E-state index in [1.807, 2.05) is 69.3 Å². The van der Waals surface area contributed by atoms with Gasteiger partial charge in [-0.15, -0.1) is 0 Å². The fourth-order valence-corrected chi connectivity index (χ4v) is 3.43. The molecule has 2 aromatic carbocycles. The quantitative estimate of drug-likeness (QED) is 0.801. The van der Waals surface area contributed by atoms with E-state index in [4.69, 9.17) is 4.74 Å². The van der Waals surface area contributed by atoms with Crippen molar-refractivity contribution >= 4 is 6.08 Å². The zero-order valence-electron chi connectivity index (χ0n) is 16.2. The number of halogens is 1. The van der Waals surface area contributed by atoms with E-state index in [9.17, 15) is 9.50 Å². The summed E-state index contributed by atoms with van der Waals surface area (Å²) in [6, 6.07) is 14.1. The number of nitrogens with zero attached hydrogens (tertiary/aromatic N) is 1. The highest BCUT2D eigenvalue weighted by atomic mass is 19.1. The fraction of sp³-hybridized carbons (Fsp3) is 0.364. The minimum Gasteiger partial charge on any atom is -0.496 e. The first-order valence-electron chi connectivity index (χ1n) is 8.74. The SMILES string of the molecule is COc1ccc(F)cc1C(O)(C(C)=Cc1ccccc1)C(C)CN(C)C. The van der Waals surface area contributed by atoms with Gasteiger partial charge in [-0.2, -0.15) is 0 Å². The van der Waals surface area contributed by atoms with Gasteiger partial charge in [0, 0.05) is 18.0 Å². The molecule has 0 heterocycles. The molecule has 0 saturated carbocycles. The van der Waals surface area contributed by atoms with E-state index in [1.165, 1.54) is 19.2 Å². The molecular weight excluding hydrogens is 329 g/mol. The summed E-state index contributed by atoms with van der Waals surface area (Å²) in [6.07, 6.45) is 1.94. The minimum absolute atomic E-state index is 0.187. The van der Waals surface area contributed by atoms with Gasteiger partial charge >= 0.3 is 0 Å². The van der Waals surface area contributed by atoms with E-state index in [0.717, 1.165) is 11.1 Å². The molecule has 140 valence electrons. The number of hydrogen-bond donors (Lipinski definition) is 1. The second kappa shape index (κ2) is 8.47. The standard InChI is InChI=1S/C22H28FNO2/c1-16(13-18-9-7-6-8-10-18)22(25,17(2)15-24(3)4)20-14-19(23)11-12-21(20)26-5/h6-14,17,25H,15H2,1-5H3. The van der Waals surface area contributed by atoms with Gasteiger partial charge < -0.3 is 14.7 Å². The summed E-state index contributed by atoms with van der Waals surface area (Å²) < 4.78 is 19.5. The lowest BCUT2D eigenvalue weighted by Gasteiger charge is -2.38. The number of rotatable bonds is 7. The van der Waals surface area contributed by atoms with Crippen molar-refractivity contribution in [3.63, 3.8) is 0 Å². The van der Waals surface area contributed by atoms with E-state index >= 15 is 0 Å². The molecule has 4 heteroatoms. The third-order valence-corrected chi connectivity index (χ3v) is 4.71. The molecule has 0 fully saturated rings. The summed E-state index contributed by atoms with van der Waals surface area (Å²) in [5, 5.41) is 11.8. The Labute approximate surface area is 155 Å². The predicted octanol–water partition coefficient (Wildman–Crippen LogP) is 4.32. The third kappa shape index (κ3) is 4.32. The van der Waals surface area contributed by atoms with E-state index < -0.39 is 11.4 Å². The van der Waals surface area contributed by atoms with Crippen molar-refractivity contribution in [3.05, 3.63) is 71.0 Å². The van der Waals surface area contributed by atoms with Crippen molar-refractivity contribution in [3.8, 4) is 5.75 Å². The van der Waals surface area contributed by atoms with Gasteiger partial charge in [-0.05, 0) is 50.4 Å². The van der Waals surface area contributed by atoms with E-state index in [-0.39, 0.29) is 5.92 Å². The largest absolute Gasteiger partial charge is 0.496 e. The van der Waals surface area contributed by atoms with Crippen molar-refractivity contribution in [1.82, 2.24) is 4.90 Å².